The summed E-state index contributed by atoms with van der Waals surface area (Å²) in [7, 11) is 0. The Morgan fingerprint density at radius 2 is 2.41 bits per heavy atom. The smallest absolute Gasteiger partial charge is 0.223 e. The van der Waals surface area contributed by atoms with Crippen molar-refractivity contribution in [2.75, 3.05) is 40.5 Å². The molecule has 0 saturated carbocycles. The van der Waals surface area contributed by atoms with Gasteiger partial charge in [-0.1, -0.05) is 0 Å². The summed E-state index contributed by atoms with van der Waals surface area (Å²) in [5.74, 6) is 4.36. The molecule has 5 nitrogen and oxygen atoms in total. The summed E-state index contributed by atoms with van der Waals surface area (Å²) in [4.78, 5) is 10.8. The highest BCUT2D eigenvalue weighted by atomic mass is 32.2. The minimum Gasteiger partial charge on any atom is -0.370 e. The number of hydrogen-bond acceptors (Lipinski definition) is 6. The summed E-state index contributed by atoms with van der Waals surface area (Å²) in [6.07, 6.45) is 0. The van der Waals surface area contributed by atoms with Crippen molar-refractivity contribution in [2.45, 2.75) is 19.9 Å². The molecule has 2 heterocycles. The number of nitrogens with one attached hydrogen (secondary N) is 1. The summed E-state index contributed by atoms with van der Waals surface area (Å²) >= 11 is 1.99. The van der Waals surface area contributed by atoms with Gasteiger partial charge in [0.15, 0.2) is 0 Å². The van der Waals surface area contributed by atoms with Crippen LogP contribution in [0.3, 0.4) is 0 Å². The Balaban J connectivity index is 2.24. The summed E-state index contributed by atoms with van der Waals surface area (Å²) in [5, 5.41) is 3.18. The van der Waals surface area contributed by atoms with Gasteiger partial charge in [0.2, 0.25) is 5.95 Å². The number of nitrogens with two attached hydrogens (primary N) is 1. The van der Waals surface area contributed by atoms with E-state index < -0.39 is 0 Å². The molecule has 0 aromatic carbocycles. The predicted molar refractivity (Wildman–Crippen MR) is 74.7 cm³/mol. The number of rotatable bonds is 3. The normalized spacial score (nSPS) is 20.4. The predicted octanol–water partition coefficient (Wildman–Crippen LogP) is 1.43. The fourth-order valence-electron chi connectivity index (χ4n) is 1.94. The van der Waals surface area contributed by atoms with E-state index in [2.05, 4.69) is 27.1 Å². The summed E-state index contributed by atoms with van der Waals surface area (Å²) < 4.78 is 0. The molecule has 0 bridgehead atoms. The highest BCUT2D eigenvalue weighted by Crippen LogP contribution is 2.24. The fraction of sp³-hybridized carbons (Fsp3) is 0.636. The third-order valence-electron chi connectivity index (χ3n) is 2.75. The lowest BCUT2D eigenvalue weighted by Crippen LogP contribution is -2.41. The van der Waals surface area contributed by atoms with Gasteiger partial charge in [-0.2, -0.15) is 21.7 Å². The number of hydrogen-bond donors (Lipinski definition) is 2. The van der Waals surface area contributed by atoms with Gasteiger partial charge in [-0.15, -0.1) is 0 Å². The van der Waals surface area contributed by atoms with Crippen LogP contribution in [0.4, 0.5) is 17.6 Å². The molecule has 6 heteroatoms. The van der Waals surface area contributed by atoms with Crippen LogP contribution in [0.5, 0.6) is 0 Å². The average Bonchev–Trinajstić information content (AvgIpc) is 2.29. The van der Waals surface area contributed by atoms with Crippen LogP contribution >= 0.6 is 11.8 Å². The van der Waals surface area contributed by atoms with Crippen LogP contribution in [0.1, 0.15) is 13.8 Å². The quantitative estimate of drug-likeness (QED) is 0.849. The zero-order valence-electron chi connectivity index (χ0n) is 10.3. The molecule has 1 aliphatic rings. The first-order valence-electron chi connectivity index (χ1n) is 5.93. The molecule has 1 aromatic heterocycles. The molecule has 2 rings (SSSR count). The van der Waals surface area contributed by atoms with Gasteiger partial charge in [0.05, 0.1) is 0 Å². The average molecular weight is 253 g/mol. The second-order valence-electron chi connectivity index (χ2n) is 4.12. The lowest BCUT2D eigenvalue weighted by Gasteiger charge is -2.34. The van der Waals surface area contributed by atoms with Gasteiger partial charge in [-0.25, -0.2) is 0 Å². The first kappa shape index (κ1) is 12.3. The summed E-state index contributed by atoms with van der Waals surface area (Å²) in [6.45, 7) is 6.12. The molecule has 1 saturated heterocycles. The van der Waals surface area contributed by atoms with E-state index in [0.717, 1.165) is 36.2 Å². The molecule has 3 N–H and O–H groups in total. The summed E-state index contributed by atoms with van der Waals surface area (Å²) in [6, 6.07) is 2.48. The Morgan fingerprint density at radius 1 is 1.59 bits per heavy atom. The van der Waals surface area contributed by atoms with Gasteiger partial charge < -0.3 is 16.0 Å². The van der Waals surface area contributed by atoms with E-state index >= 15 is 0 Å². The highest BCUT2D eigenvalue weighted by Gasteiger charge is 2.20. The van der Waals surface area contributed by atoms with Gasteiger partial charge >= 0.3 is 0 Å². The van der Waals surface area contributed by atoms with Crippen LogP contribution in [-0.4, -0.2) is 40.6 Å². The minimum atomic E-state index is 0.337. The van der Waals surface area contributed by atoms with E-state index in [-0.39, 0.29) is 0 Å². The zero-order chi connectivity index (χ0) is 12.3. The minimum absolute atomic E-state index is 0.337. The first-order chi connectivity index (χ1) is 8.20. The molecule has 1 aliphatic heterocycles. The highest BCUT2D eigenvalue weighted by molar-refractivity contribution is 7.99. The van der Waals surface area contributed by atoms with Crippen LogP contribution < -0.4 is 16.0 Å². The van der Waals surface area contributed by atoms with Crippen molar-refractivity contribution >= 4 is 29.3 Å². The molecular weight excluding hydrogens is 234 g/mol. The summed E-state index contributed by atoms with van der Waals surface area (Å²) in [5.41, 5.74) is 5.75. The molecule has 1 atom stereocenters. The monoisotopic (exact) mass is 253 g/mol. The van der Waals surface area contributed by atoms with Crippen molar-refractivity contribution in [1.82, 2.24) is 9.97 Å². The van der Waals surface area contributed by atoms with E-state index in [4.69, 9.17) is 5.73 Å². The van der Waals surface area contributed by atoms with Crippen LogP contribution in [-0.2, 0) is 0 Å². The molecule has 94 valence electrons. The van der Waals surface area contributed by atoms with Crippen LogP contribution in [0.2, 0.25) is 0 Å². The third kappa shape index (κ3) is 2.94. The van der Waals surface area contributed by atoms with Crippen molar-refractivity contribution < 1.29 is 0 Å². The molecule has 1 aromatic rings. The Morgan fingerprint density at radius 3 is 3.12 bits per heavy atom. The molecule has 17 heavy (non-hydrogen) atoms. The third-order valence-corrected chi connectivity index (χ3v) is 3.94. The van der Waals surface area contributed by atoms with Crippen molar-refractivity contribution in [2.24, 2.45) is 0 Å². The van der Waals surface area contributed by atoms with Crippen molar-refractivity contribution in [1.29, 1.82) is 0 Å². The van der Waals surface area contributed by atoms with E-state index in [1.807, 2.05) is 24.8 Å². The second-order valence-corrected chi connectivity index (χ2v) is 5.27. The van der Waals surface area contributed by atoms with Gasteiger partial charge in [-0.05, 0) is 13.8 Å². The van der Waals surface area contributed by atoms with Crippen LogP contribution in [0.15, 0.2) is 6.07 Å². The maximum absolute atomic E-state index is 5.75. The Bertz CT molecular complexity index is 384. The van der Waals surface area contributed by atoms with Crippen molar-refractivity contribution in [3.05, 3.63) is 6.07 Å². The number of aromatic nitrogens is 2. The van der Waals surface area contributed by atoms with Gasteiger partial charge in [-0.3, -0.25) is 0 Å². The lowest BCUT2D eigenvalue weighted by atomic mass is 10.3. The first-order valence-corrected chi connectivity index (χ1v) is 7.09. The Kier molecular flexibility index (Phi) is 3.93. The Hall–Kier alpha value is -1.17. The molecule has 1 fully saturated rings. The number of nitrogen functional groups attached to an aromatic ring is 1. The second kappa shape index (κ2) is 5.44. The van der Waals surface area contributed by atoms with Crippen molar-refractivity contribution in [3.8, 4) is 0 Å². The van der Waals surface area contributed by atoms with E-state index in [1.165, 1.54) is 0 Å². The molecule has 1 unspecified atom stereocenters. The largest absolute Gasteiger partial charge is 0.370 e. The van der Waals surface area contributed by atoms with Gasteiger partial charge in [0.25, 0.3) is 0 Å². The van der Waals surface area contributed by atoms with Crippen LogP contribution in [0, 0.1) is 0 Å². The van der Waals surface area contributed by atoms with Crippen LogP contribution in [0.25, 0.3) is 0 Å². The molecular formula is C11H19N5S. The molecule has 0 amide bonds. The SMILES string of the molecule is CCNc1cc(N2CCSCC2C)nc(N)n1. The number of nitrogens with zero attached hydrogens (tertiary/aromatic N) is 3. The number of anilines is 3. The zero-order valence-corrected chi connectivity index (χ0v) is 11.1. The van der Waals surface area contributed by atoms with Gasteiger partial charge in [0.1, 0.15) is 11.6 Å². The van der Waals surface area contributed by atoms with Gasteiger partial charge in [0, 0.05) is 36.7 Å². The fourth-order valence-corrected chi connectivity index (χ4v) is 2.95. The maximum Gasteiger partial charge on any atom is 0.223 e. The number of thioether (sulfide) groups is 1. The maximum atomic E-state index is 5.75. The topological polar surface area (TPSA) is 67.1 Å². The van der Waals surface area contributed by atoms with Crippen molar-refractivity contribution in [3.63, 3.8) is 0 Å². The van der Waals surface area contributed by atoms with E-state index in [9.17, 15) is 0 Å². The lowest BCUT2D eigenvalue weighted by molar-refractivity contribution is 0.689. The molecule has 0 spiro atoms. The van der Waals surface area contributed by atoms with E-state index in [1.54, 1.807) is 0 Å². The Labute approximate surface area is 106 Å². The molecule has 0 radical (unpaired) electrons. The standard InChI is InChI=1S/C11H19N5S/c1-3-13-9-6-10(15-11(12)14-9)16-4-5-17-7-8(16)2/h6,8H,3-5,7H2,1-2H3,(H3,12,13,14,15). The van der Waals surface area contributed by atoms with E-state index in [0.29, 0.717) is 12.0 Å². The molecule has 0 aliphatic carbocycles.